The van der Waals surface area contributed by atoms with Gasteiger partial charge in [-0.1, -0.05) is 33.5 Å². The van der Waals surface area contributed by atoms with E-state index < -0.39 is 11.3 Å². The zero-order chi connectivity index (χ0) is 31.3. The summed E-state index contributed by atoms with van der Waals surface area (Å²) in [5.41, 5.74) is -2.47. The van der Waals surface area contributed by atoms with Gasteiger partial charge in [0.15, 0.2) is 23.0 Å². The molecule has 5 aromatic rings. The molecule has 44 heavy (non-hydrogen) atoms. The molecule has 0 saturated heterocycles. The molecule has 1 amide bonds. The van der Waals surface area contributed by atoms with E-state index >= 15 is 0 Å². The van der Waals surface area contributed by atoms with Crippen molar-refractivity contribution in [2.75, 3.05) is 11.9 Å². The van der Waals surface area contributed by atoms with Crippen LogP contribution in [-0.4, -0.2) is 38.5 Å². The quantitative estimate of drug-likeness (QED) is 0.151. The van der Waals surface area contributed by atoms with Gasteiger partial charge in [-0.3, -0.25) is 4.79 Å². The number of nitrogens with zero attached hydrogens (tertiary/aromatic N) is 3. The molecule has 0 radical (unpaired) electrons. The second-order valence-electron chi connectivity index (χ2n) is 10.2. The highest BCUT2D eigenvalue weighted by molar-refractivity contribution is 7.18. The van der Waals surface area contributed by atoms with Gasteiger partial charge in [0, 0.05) is 11.3 Å². The molecule has 0 fully saturated rings. The predicted octanol–water partition coefficient (Wildman–Crippen LogP) is 8.00. The van der Waals surface area contributed by atoms with Crippen molar-refractivity contribution in [2.24, 2.45) is 0 Å². The van der Waals surface area contributed by atoms with Crippen molar-refractivity contribution < 1.29 is 27.8 Å². The summed E-state index contributed by atoms with van der Waals surface area (Å²) in [6.07, 6.45) is 1.54. The molecule has 1 heterocycles. The molecule has 0 aliphatic rings. The van der Waals surface area contributed by atoms with E-state index in [9.17, 15) is 13.6 Å². The van der Waals surface area contributed by atoms with Gasteiger partial charge >= 0.3 is 0 Å². The minimum atomic E-state index is -2.58. The van der Waals surface area contributed by atoms with Crippen LogP contribution in [0.3, 0.4) is 0 Å². The molecule has 2 unspecified atom stereocenters. The van der Waals surface area contributed by atoms with Crippen LogP contribution in [0.25, 0.3) is 17.1 Å². The number of amides is 1. The normalized spacial score (nSPS) is 12.7. The van der Waals surface area contributed by atoms with E-state index in [2.05, 4.69) is 15.4 Å². The van der Waals surface area contributed by atoms with Crippen LogP contribution in [0.4, 0.5) is 14.5 Å². The molecule has 2 atom stereocenters. The average Bonchev–Trinajstić information content (AvgIpc) is 3.49. The Morgan fingerprint density at radius 2 is 1.52 bits per heavy atom. The third kappa shape index (κ3) is 7.03. The number of para-hydroxylation sites is 3. The molecule has 1 N–H and O–H groups in total. The standard InChI is InChI=1S/C33H31F2N4O4P/c1-4-41-28-11-7-8-12-29(28)42-27-10-6-5-9-26(27)31(40)37-23-15-13-22(14-16-23)30-36-21-39(38-30)24-17-19-25(20-18-24)43-33(35,44)32(2,3)34/h5-21H,4,44H2,1-3H3,(H,37,40). The fourth-order valence-corrected chi connectivity index (χ4v) is 4.19. The average molecular weight is 617 g/mol. The van der Waals surface area contributed by atoms with Crippen molar-refractivity contribution in [2.45, 2.75) is 32.0 Å². The highest BCUT2D eigenvalue weighted by atomic mass is 31.0. The SMILES string of the molecule is CCOc1ccccc1Oc1ccccc1C(=O)Nc1ccc(-c2ncn(-c3ccc(OC(F)(P)C(C)(C)F)cc3)n2)cc1. The number of aromatic nitrogens is 3. The molecule has 0 aliphatic carbocycles. The lowest BCUT2D eigenvalue weighted by atomic mass is 10.1. The molecular formula is C33H31F2N4O4P. The second-order valence-corrected chi connectivity index (χ2v) is 11.0. The summed E-state index contributed by atoms with van der Waals surface area (Å²) >= 11 is 0. The van der Waals surface area contributed by atoms with E-state index in [4.69, 9.17) is 14.2 Å². The first kappa shape index (κ1) is 30.6. The van der Waals surface area contributed by atoms with Crippen molar-refractivity contribution in [1.82, 2.24) is 14.8 Å². The van der Waals surface area contributed by atoms with Gasteiger partial charge in [-0.25, -0.2) is 14.1 Å². The molecule has 8 nitrogen and oxygen atoms in total. The maximum Gasteiger partial charge on any atom is 0.292 e. The number of alkyl halides is 2. The number of benzene rings is 4. The third-order valence-electron chi connectivity index (χ3n) is 6.57. The van der Waals surface area contributed by atoms with Crippen molar-refractivity contribution in [1.29, 1.82) is 0 Å². The van der Waals surface area contributed by atoms with Gasteiger partial charge in [-0.15, -0.1) is 5.10 Å². The first-order valence-corrected chi connectivity index (χ1v) is 14.4. The van der Waals surface area contributed by atoms with Gasteiger partial charge in [0.05, 0.1) is 17.9 Å². The van der Waals surface area contributed by atoms with Crippen LogP contribution in [0, 0.1) is 0 Å². The molecule has 0 spiro atoms. The lowest BCUT2D eigenvalue weighted by Crippen LogP contribution is -2.42. The van der Waals surface area contributed by atoms with Gasteiger partial charge in [-0.05, 0) is 93.6 Å². The van der Waals surface area contributed by atoms with E-state index in [1.165, 1.54) is 12.1 Å². The van der Waals surface area contributed by atoms with E-state index in [1.54, 1.807) is 87.0 Å². The fraction of sp³-hybridized carbons (Fsp3) is 0.182. The zero-order valence-corrected chi connectivity index (χ0v) is 25.5. The Hall–Kier alpha value is -4.82. The van der Waals surface area contributed by atoms with Crippen molar-refractivity contribution >= 4 is 20.8 Å². The fourth-order valence-electron chi connectivity index (χ4n) is 4.05. The number of ether oxygens (including phenoxy) is 3. The van der Waals surface area contributed by atoms with Crippen LogP contribution < -0.4 is 19.5 Å². The monoisotopic (exact) mass is 616 g/mol. The number of rotatable bonds is 11. The van der Waals surface area contributed by atoms with Crippen LogP contribution >= 0.6 is 9.24 Å². The van der Waals surface area contributed by atoms with Gasteiger partial charge in [-0.2, -0.15) is 4.39 Å². The topological polar surface area (TPSA) is 87.5 Å². The smallest absolute Gasteiger partial charge is 0.292 e. The van der Waals surface area contributed by atoms with Crippen molar-refractivity contribution in [3.8, 4) is 40.1 Å². The molecule has 0 saturated carbocycles. The maximum absolute atomic E-state index is 14.5. The van der Waals surface area contributed by atoms with Gasteiger partial charge in [0.2, 0.25) is 0 Å². The predicted molar refractivity (Wildman–Crippen MR) is 168 cm³/mol. The number of carbonyl (C=O) groups is 1. The lowest BCUT2D eigenvalue weighted by Gasteiger charge is -2.30. The molecule has 4 aromatic carbocycles. The van der Waals surface area contributed by atoms with Crippen molar-refractivity contribution in [3.63, 3.8) is 0 Å². The van der Waals surface area contributed by atoms with Gasteiger partial charge < -0.3 is 19.5 Å². The first-order chi connectivity index (χ1) is 21.0. The minimum absolute atomic E-state index is 0.166. The Morgan fingerprint density at radius 1 is 0.886 bits per heavy atom. The number of halogens is 2. The van der Waals surface area contributed by atoms with E-state index in [0.717, 1.165) is 19.4 Å². The van der Waals surface area contributed by atoms with Crippen molar-refractivity contribution in [3.05, 3.63) is 109 Å². The molecular weight excluding hydrogens is 585 g/mol. The Bertz CT molecular complexity index is 1740. The third-order valence-corrected chi connectivity index (χ3v) is 7.38. The van der Waals surface area contributed by atoms with E-state index in [-0.39, 0.29) is 11.7 Å². The van der Waals surface area contributed by atoms with Gasteiger partial charge in [0.25, 0.3) is 11.5 Å². The number of nitrogens with one attached hydrogen (secondary N) is 1. The van der Waals surface area contributed by atoms with E-state index in [1.807, 2.05) is 25.1 Å². The number of hydrogen-bond acceptors (Lipinski definition) is 6. The molecule has 11 heteroatoms. The molecule has 5 rings (SSSR count). The molecule has 1 aromatic heterocycles. The van der Waals surface area contributed by atoms with Crippen LogP contribution in [0.2, 0.25) is 0 Å². The van der Waals surface area contributed by atoms with Gasteiger partial charge in [0.1, 0.15) is 17.8 Å². The molecule has 226 valence electrons. The highest BCUT2D eigenvalue weighted by Crippen LogP contribution is 2.38. The number of hydrogen-bond donors (Lipinski definition) is 1. The molecule has 0 bridgehead atoms. The van der Waals surface area contributed by atoms with E-state index in [0.29, 0.717) is 46.6 Å². The Kier molecular flexibility index (Phi) is 8.92. The summed E-state index contributed by atoms with van der Waals surface area (Å²) in [5, 5.41) is 7.42. The van der Waals surface area contributed by atoms with Crippen LogP contribution in [0.1, 0.15) is 31.1 Å². The summed E-state index contributed by atoms with van der Waals surface area (Å²) in [4.78, 5) is 17.6. The minimum Gasteiger partial charge on any atom is -0.490 e. The summed E-state index contributed by atoms with van der Waals surface area (Å²) in [7, 11) is 1.77. The maximum atomic E-state index is 14.5. The summed E-state index contributed by atoms with van der Waals surface area (Å²) < 4.78 is 47.0. The van der Waals surface area contributed by atoms with Crippen LogP contribution in [-0.2, 0) is 0 Å². The number of carbonyl (C=O) groups excluding carboxylic acids is 1. The lowest BCUT2D eigenvalue weighted by molar-refractivity contribution is -0.0868. The largest absolute Gasteiger partial charge is 0.490 e. The van der Waals surface area contributed by atoms with Crippen LogP contribution in [0.5, 0.6) is 23.0 Å². The Balaban J connectivity index is 1.25. The number of anilines is 1. The molecule has 0 aliphatic heterocycles. The first-order valence-electron chi connectivity index (χ1n) is 13.8. The zero-order valence-electron chi connectivity index (χ0n) is 24.3. The summed E-state index contributed by atoms with van der Waals surface area (Å²) in [6, 6.07) is 27.8. The highest BCUT2D eigenvalue weighted by Gasteiger charge is 2.45. The summed E-state index contributed by atoms with van der Waals surface area (Å²) in [5.74, 6) is 1.79. The van der Waals surface area contributed by atoms with Crippen LogP contribution in [0.15, 0.2) is 103 Å². The summed E-state index contributed by atoms with van der Waals surface area (Å²) in [6.45, 7) is 4.58. The Morgan fingerprint density at radius 3 is 2.18 bits per heavy atom. The second kappa shape index (κ2) is 12.8. The Labute approximate surface area is 256 Å².